The maximum absolute atomic E-state index is 5.97. The Balaban J connectivity index is 1.94. The molecule has 2 atom stereocenters. The lowest BCUT2D eigenvalue weighted by atomic mass is 10.2. The topological polar surface area (TPSA) is 74.2 Å². The summed E-state index contributed by atoms with van der Waals surface area (Å²) in [5.41, 5.74) is 5.97. The van der Waals surface area contributed by atoms with E-state index in [1.54, 1.807) is 11.8 Å². The molecule has 0 bridgehead atoms. The molecule has 0 aromatic carbocycles. The van der Waals surface area contributed by atoms with Gasteiger partial charge in [0.1, 0.15) is 6.10 Å². The first kappa shape index (κ1) is 13.2. The third kappa shape index (κ3) is 3.61. The molecule has 96 valence electrons. The van der Waals surface area contributed by atoms with E-state index in [2.05, 4.69) is 16.4 Å². The third-order valence-corrected chi connectivity index (χ3v) is 4.15. The van der Waals surface area contributed by atoms with Gasteiger partial charge in [0, 0.05) is 11.5 Å². The van der Waals surface area contributed by atoms with Crippen molar-refractivity contribution in [2.24, 2.45) is 5.73 Å². The number of rotatable bonds is 5. The van der Waals surface area contributed by atoms with Crippen LogP contribution in [0.5, 0.6) is 0 Å². The van der Waals surface area contributed by atoms with Gasteiger partial charge < -0.3 is 15.0 Å². The van der Waals surface area contributed by atoms with E-state index >= 15 is 0 Å². The van der Waals surface area contributed by atoms with E-state index in [-0.39, 0.29) is 12.1 Å². The van der Waals surface area contributed by atoms with Crippen molar-refractivity contribution in [1.29, 1.82) is 0 Å². The van der Waals surface area contributed by atoms with Crippen LogP contribution in [0, 0.1) is 0 Å². The average Bonchev–Trinajstić information content (AvgIpc) is 2.86. The number of ether oxygens (including phenoxy) is 1. The standard InChI is InChI=1S/C10H17N3O2S2/c1-16-4-2-7(11)10-12-9(13-15-10)8-6-17-5-3-14-8/h7-8H,2-6,11H2,1H3/t7-,8?/m1/s1. The molecule has 1 aliphatic rings. The summed E-state index contributed by atoms with van der Waals surface area (Å²) in [5.74, 6) is 4.07. The number of nitrogens with two attached hydrogens (primary N) is 1. The van der Waals surface area contributed by atoms with Crippen LogP contribution in [0.4, 0.5) is 0 Å². The fourth-order valence-electron chi connectivity index (χ4n) is 1.53. The predicted molar refractivity (Wildman–Crippen MR) is 70.2 cm³/mol. The Kier molecular flexibility index (Phi) is 5.15. The number of thioether (sulfide) groups is 2. The largest absolute Gasteiger partial charge is 0.368 e. The zero-order valence-electron chi connectivity index (χ0n) is 9.80. The van der Waals surface area contributed by atoms with Gasteiger partial charge in [-0.1, -0.05) is 5.16 Å². The van der Waals surface area contributed by atoms with Crippen LogP contribution >= 0.6 is 23.5 Å². The summed E-state index contributed by atoms with van der Waals surface area (Å²) in [7, 11) is 0. The van der Waals surface area contributed by atoms with Crippen LogP contribution in [0.25, 0.3) is 0 Å². The summed E-state index contributed by atoms with van der Waals surface area (Å²) in [4.78, 5) is 4.34. The van der Waals surface area contributed by atoms with Gasteiger partial charge in [-0.3, -0.25) is 0 Å². The summed E-state index contributed by atoms with van der Waals surface area (Å²) in [5, 5.41) is 3.96. The second kappa shape index (κ2) is 6.63. The van der Waals surface area contributed by atoms with Gasteiger partial charge >= 0.3 is 0 Å². The highest BCUT2D eigenvalue weighted by molar-refractivity contribution is 7.99. The predicted octanol–water partition coefficient (Wildman–Crippen LogP) is 1.63. The molecule has 1 unspecified atom stereocenters. The molecule has 17 heavy (non-hydrogen) atoms. The molecule has 1 saturated heterocycles. The smallest absolute Gasteiger partial charge is 0.243 e. The second-order valence-electron chi connectivity index (χ2n) is 3.81. The molecule has 5 nitrogen and oxygen atoms in total. The van der Waals surface area contributed by atoms with Crippen molar-refractivity contribution in [3.05, 3.63) is 11.7 Å². The van der Waals surface area contributed by atoms with E-state index in [1.807, 2.05) is 11.8 Å². The summed E-state index contributed by atoms with van der Waals surface area (Å²) in [6.45, 7) is 0.748. The van der Waals surface area contributed by atoms with Crippen LogP contribution in [0.15, 0.2) is 4.52 Å². The minimum atomic E-state index is -0.167. The highest BCUT2D eigenvalue weighted by atomic mass is 32.2. The molecular formula is C10H17N3O2S2. The molecule has 0 aliphatic carbocycles. The van der Waals surface area contributed by atoms with Crippen LogP contribution in [0.2, 0.25) is 0 Å². The molecule has 0 spiro atoms. The van der Waals surface area contributed by atoms with Crippen LogP contribution < -0.4 is 5.73 Å². The van der Waals surface area contributed by atoms with Gasteiger partial charge in [-0.05, 0) is 18.4 Å². The van der Waals surface area contributed by atoms with E-state index < -0.39 is 0 Å². The number of hydrogen-bond acceptors (Lipinski definition) is 7. The lowest BCUT2D eigenvalue weighted by Gasteiger charge is -2.18. The maximum Gasteiger partial charge on any atom is 0.243 e. The quantitative estimate of drug-likeness (QED) is 0.875. The first-order valence-corrected chi connectivity index (χ1v) is 8.13. The Bertz CT molecular complexity index is 342. The van der Waals surface area contributed by atoms with Crippen molar-refractivity contribution in [1.82, 2.24) is 10.1 Å². The number of nitrogens with zero attached hydrogens (tertiary/aromatic N) is 2. The van der Waals surface area contributed by atoms with E-state index in [0.29, 0.717) is 11.7 Å². The highest BCUT2D eigenvalue weighted by Gasteiger charge is 2.23. The van der Waals surface area contributed by atoms with Gasteiger partial charge in [0.05, 0.1) is 12.6 Å². The molecule has 0 saturated carbocycles. The fraction of sp³-hybridized carbons (Fsp3) is 0.800. The van der Waals surface area contributed by atoms with Crippen LogP contribution in [-0.2, 0) is 4.74 Å². The molecular weight excluding hydrogens is 258 g/mol. The normalized spacial score (nSPS) is 22.6. The van der Waals surface area contributed by atoms with Crippen molar-refractivity contribution in [2.45, 2.75) is 18.6 Å². The lowest BCUT2D eigenvalue weighted by molar-refractivity contribution is 0.0677. The fourth-order valence-corrected chi connectivity index (χ4v) is 2.86. The van der Waals surface area contributed by atoms with Crippen LogP contribution in [0.1, 0.15) is 30.3 Å². The average molecular weight is 275 g/mol. The SMILES string of the molecule is CSCC[C@@H](N)c1nc(C2CSCCO2)no1. The van der Waals surface area contributed by atoms with Gasteiger partial charge in [0.25, 0.3) is 0 Å². The maximum atomic E-state index is 5.97. The highest BCUT2D eigenvalue weighted by Crippen LogP contribution is 2.25. The van der Waals surface area contributed by atoms with Gasteiger partial charge in [-0.2, -0.15) is 28.5 Å². The van der Waals surface area contributed by atoms with Crippen LogP contribution in [0.3, 0.4) is 0 Å². The van der Waals surface area contributed by atoms with Crippen molar-refractivity contribution in [3.8, 4) is 0 Å². The Hall–Kier alpha value is -0.240. The second-order valence-corrected chi connectivity index (χ2v) is 5.95. The van der Waals surface area contributed by atoms with Gasteiger partial charge in [0.2, 0.25) is 11.7 Å². The molecule has 0 radical (unpaired) electrons. The molecule has 2 rings (SSSR count). The first-order chi connectivity index (χ1) is 8.31. The van der Waals surface area contributed by atoms with Crippen molar-refractivity contribution >= 4 is 23.5 Å². The van der Waals surface area contributed by atoms with Gasteiger partial charge in [-0.15, -0.1) is 0 Å². The van der Waals surface area contributed by atoms with E-state index in [4.69, 9.17) is 15.0 Å². The Labute approximate surface area is 109 Å². The molecule has 2 heterocycles. The summed E-state index contributed by atoms with van der Waals surface area (Å²) < 4.78 is 10.8. The van der Waals surface area contributed by atoms with E-state index in [1.165, 1.54) is 0 Å². The summed E-state index contributed by atoms with van der Waals surface area (Å²) >= 11 is 3.61. The van der Waals surface area contributed by atoms with Crippen molar-refractivity contribution in [3.63, 3.8) is 0 Å². The van der Waals surface area contributed by atoms with Crippen LogP contribution in [-0.4, -0.2) is 40.3 Å². The lowest BCUT2D eigenvalue weighted by Crippen LogP contribution is -2.17. The molecule has 1 aromatic rings. The molecule has 1 aliphatic heterocycles. The first-order valence-electron chi connectivity index (χ1n) is 5.58. The third-order valence-electron chi connectivity index (χ3n) is 2.51. The molecule has 7 heteroatoms. The van der Waals surface area contributed by atoms with Gasteiger partial charge in [-0.25, -0.2) is 0 Å². The number of hydrogen-bond donors (Lipinski definition) is 1. The Morgan fingerprint density at radius 1 is 1.65 bits per heavy atom. The molecule has 1 fully saturated rings. The summed E-state index contributed by atoms with van der Waals surface area (Å²) in [6, 6.07) is -0.167. The van der Waals surface area contributed by atoms with E-state index in [0.717, 1.165) is 30.3 Å². The molecule has 2 N–H and O–H groups in total. The van der Waals surface area contributed by atoms with Crippen molar-refractivity contribution < 1.29 is 9.26 Å². The van der Waals surface area contributed by atoms with E-state index in [9.17, 15) is 0 Å². The van der Waals surface area contributed by atoms with Crippen molar-refractivity contribution in [2.75, 3.05) is 30.1 Å². The Morgan fingerprint density at radius 2 is 2.53 bits per heavy atom. The molecule has 1 aromatic heterocycles. The Morgan fingerprint density at radius 3 is 3.24 bits per heavy atom. The monoisotopic (exact) mass is 275 g/mol. The zero-order chi connectivity index (χ0) is 12.1. The molecule has 0 amide bonds. The summed E-state index contributed by atoms with van der Waals surface area (Å²) in [6.07, 6.45) is 2.86. The number of aromatic nitrogens is 2. The minimum absolute atomic E-state index is 0.0426. The van der Waals surface area contributed by atoms with Gasteiger partial charge in [0.15, 0.2) is 0 Å². The zero-order valence-corrected chi connectivity index (χ0v) is 11.4. The minimum Gasteiger partial charge on any atom is -0.368 e.